The highest BCUT2D eigenvalue weighted by Gasteiger charge is 2.03. The van der Waals surface area contributed by atoms with Crippen LogP contribution in [0.2, 0.25) is 0 Å². The average Bonchev–Trinajstić information content (AvgIpc) is 2.18. The zero-order chi connectivity index (χ0) is 9.97. The summed E-state index contributed by atoms with van der Waals surface area (Å²) in [5.74, 6) is -0.522. The lowest BCUT2D eigenvalue weighted by Gasteiger charge is -2.02. The monoisotopic (exact) mass is 189 g/mol. The lowest BCUT2D eigenvalue weighted by atomic mass is 10.1. The molecule has 0 spiro atoms. The first-order valence-corrected chi connectivity index (χ1v) is 4.10. The van der Waals surface area contributed by atoms with E-state index in [-0.39, 0.29) is 0 Å². The molecule has 70 valence electrons. The number of aromatic nitrogens is 2. The van der Waals surface area contributed by atoms with Crippen molar-refractivity contribution in [3.05, 3.63) is 42.6 Å². The second-order valence-electron chi connectivity index (χ2n) is 2.81. The van der Waals surface area contributed by atoms with Crippen LogP contribution in [0.15, 0.2) is 36.7 Å². The van der Waals surface area contributed by atoms with Gasteiger partial charge in [-0.05, 0) is 18.2 Å². The number of rotatable bonds is 1. The molecule has 0 amide bonds. The van der Waals surface area contributed by atoms with E-state index in [1.807, 2.05) is 0 Å². The van der Waals surface area contributed by atoms with E-state index in [9.17, 15) is 4.39 Å². The summed E-state index contributed by atoms with van der Waals surface area (Å²) in [6, 6.07) is 6.22. The van der Waals surface area contributed by atoms with Gasteiger partial charge < -0.3 is 5.73 Å². The van der Waals surface area contributed by atoms with Gasteiger partial charge in [-0.2, -0.15) is 4.39 Å². The van der Waals surface area contributed by atoms with Gasteiger partial charge in [0.15, 0.2) is 0 Å². The number of halogens is 1. The Bertz CT molecular complexity index is 457. The van der Waals surface area contributed by atoms with Crippen LogP contribution in [-0.2, 0) is 0 Å². The highest BCUT2D eigenvalue weighted by atomic mass is 19.1. The van der Waals surface area contributed by atoms with Gasteiger partial charge in [0.05, 0.1) is 5.69 Å². The molecule has 2 heterocycles. The summed E-state index contributed by atoms with van der Waals surface area (Å²) in [6.45, 7) is 0. The summed E-state index contributed by atoms with van der Waals surface area (Å²) in [7, 11) is 0. The van der Waals surface area contributed by atoms with Gasteiger partial charge in [-0.1, -0.05) is 6.07 Å². The minimum absolute atomic E-state index is 0.496. The third kappa shape index (κ3) is 1.54. The fourth-order valence-electron chi connectivity index (χ4n) is 1.18. The van der Waals surface area contributed by atoms with E-state index in [2.05, 4.69) is 9.97 Å². The molecule has 2 N–H and O–H groups in total. The molecular weight excluding hydrogens is 181 g/mol. The predicted octanol–water partition coefficient (Wildman–Crippen LogP) is 1.86. The predicted molar refractivity (Wildman–Crippen MR) is 51.8 cm³/mol. The van der Waals surface area contributed by atoms with Crippen LogP contribution >= 0.6 is 0 Å². The Kier molecular flexibility index (Phi) is 2.10. The number of nitrogens with zero attached hydrogens (tertiary/aromatic N) is 2. The molecule has 0 aromatic carbocycles. The summed E-state index contributed by atoms with van der Waals surface area (Å²) in [5.41, 5.74) is 7.38. The van der Waals surface area contributed by atoms with Crippen molar-refractivity contribution >= 4 is 5.69 Å². The molecule has 0 radical (unpaired) electrons. The fraction of sp³-hybridized carbons (Fsp3) is 0. The Hall–Kier alpha value is -1.97. The van der Waals surface area contributed by atoms with Crippen molar-refractivity contribution in [1.29, 1.82) is 0 Å². The van der Waals surface area contributed by atoms with Gasteiger partial charge in [-0.3, -0.25) is 4.98 Å². The zero-order valence-corrected chi connectivity index (χ0v) is 7.31. The van der Waals surface area contributed by atoms with Crippen molar-refractivity contribution in [3.8, 4) is 11.3 Å². The lowest BCUT2D eigenvalue weighted by Crippen LogP contribution is -1.93. The van der Waals surface area contributed by atoms with E-state index >= 15 is 0 Å². The van der Waals surface area contributed by atoms with Crippen molar-refractivity contribution < 1.29 is 4.39 Å². The largest absolute Gasteiger partial charge is 0.398 e. The summed E-state index contributed by atoms with van der Waals surface area (Å²) >= 11 is 0. The quantitative estimate of drug-likeness (QED) is 0.696. The van der Waals surface area contributed by atoms with Gasteiger partial charge in [-0.15, -0.1) is 0 Å². The Labute approximate surface area is 80.4 Å². The number of nitrogens with two attached hydrogens (primary N) is 1. The molecular formula is C10H8FN3. The van der Waals surface area contributed by atoms with Gasteiger partial charge in [0.1, 0.15) is 0 Å². The Morgan fingerprint density at radius 1 is 1.21 bits per heavy atom. The van der Waals surface area contributed by atoms with E-state index in [0.29, 0.717) is 16.9 Å². The third-order valence-electron chi connectivity index (χ3n) is 1.85. The summed E-state index contributed by atoms with van der Waals surface area (Å²) in [5, 5.41) is 0. The Morgan fingerprint density at radius 2 is 2.07 bits per heavy atom. The molecule has 3 nitrogen and oxygen atoms in total. The third-order valence-corrected chi connectivity index (χ3v) is 1.85. The molecule has 0 bridgehead atoms. The first-order chi connectivity index (χ1) is 6.77. The van der Waals surface area contributed by atoms with Gasteiger partial charge >= 0.3 is 0 Å². The molecule has 14 heavy (non-hydrogen) atoms. The maximum absolute atomic E-state index is 12.8. The van der Waals surface area contributed by atoms with E-state index in [0.717, 1.165) is 0 Å². The minimum atomic E-state index is -0.522. The molecule has 2 aromatic heterocycles. The highest BCUT2D eigenvalue weighted by Crippen LogP contribution is 2.21. The van der Waals surface area contributed by atoms with Crippen molar-refractivity contribution in [2.45, 2.75) is 0 Å². The molecule has 0 aliphatic heterocycles. The second kappa shape index (κ2) is 3.41. The van der Waals surface area contributed by atoms with E-state index in [4.69, 9.17) is 5.73 Å². The van der Waals surface area contributed by atoms with Gasteiger partial charge in [0.2, 0.25) is 5.95 Å². The van der Waals surface area contributed by atoms with Crippen LogP contribution in [-0.4, -0.2) is 9.97 Å². The first-order valence-electron chi connectivity index (χ1n) is 4.10. The average molecular weight is 189 g/mol. The zero-order valence-electron chi connectivity index (χ0n) is 7.31. The van der Waals surface area contributed by atoms with Crippen LogP contribution < -0.4 is 5.73 Å². The van der Waals surface area contributed by atoms with Crippen molar-refractivity contribution in [3.63, 3.8) is 0 Å². The molecule has 0 saturated carbocycles. The van der Waals surface area contributed by atoms with Crippen LogP contribution in [0.5, 0.6) is 0 Å². The molecule has 0 aliphatic carbocycles. The maximum atomic E-state index is 12.8. The van der Waals surface area contributed by atoms with Crippen LogP contribution in [0.3, 0.4) is 0 Å². The van der Waals surface area contributed by atoms with Crippen molar-refractivity contribution in [2.24, 2.45) is 0 Å². The molecule has 0 fully saturated rings. The Balaban J connectivity index is 2.55. The minimum Gasteiger partial charge on any atom is -0.398 e. The SMILES string of the molecule is Nc1ccncc1-c1cccc(F)n1. The molecule has 0 aliphatic rings. The molecule has 2 aromatic rings. The van der Waals surface area contributed by atoms with Crippen molar-refractivity contribution in [1.82, 2.24) is 9.97 Å². The van der Waals surface area contributed by atoms with Gasteiger partial charge in [-0.25, -0.2) is 4.98 Å². The molecule has 0 unspecified atom stereocenters. The fourth-order valence-corrected chi connectivity index (χ4v) is 1.18. The summed E-state index contributed by atoms with van der Waals surface area (Å²) < 4.78 is 12.8. The standard InChI is InChI=1S/C10H8FN3/c11-10-3-1-2-9(14-10)7-6-13-5-4-8(7)12/h1-6H,(H2,12,13). The van der Waals surface area contributed by atoms with Gasteiger partial charge in [0.25, 0.3) is 0 Å². The molecule has 4 heteroatoms. The highest BCUT2D eigenvalue weighted by molar-refractivity contribution is 5.72. The molecule has 2 rings (SSSR count). The Morgan fingerprint density at radius 3 is 2.79 bits per heavy atom. The number of anilines is 1. The van der Waals surface area contributed by atoms with Crippen molar-refractivity contribution in [2.75, 3.05) is 5.73 Å². The number of nitrogen functional groups attached to an aromatic ring is 1. The lowest BCUT2D eigenvalue weighted by molar-refractivity contribution is 0.585. The normalized spacial score (nSPS) is 10.1. The van der Waals surface area contributed by atoms with Crippen LogP contribution in [0, 0.1) is 5.95 Å². The number of hydrogen-bond donors (Lipinski definition) is 1. The first kappa shape index (κ1) is 8.62. The van der Waals surface area contributed by atoms with Crippen LogP contribution in [0.25, 0.3) is 11.3 Å². The number of hydrogen-bond acceptors (Lipinski definition) is 3. The molecule has 0 saturated heterocycles. The van der Waals surface area contributed by atoms with Gasteiger partial charge in [0, 0.05) is 23.6 Å². The second-order valence-corrected chi connectivity index (χ2v) is 2.81. The van der Waals surface area contributed by atoms with Crippen LogP contribution in [0.1, 0.15) is 0 Å². The number of pyridine rings is 2. The van der Waals surface area contributed by atoms with E-state index in [1.165, 1.54) is 6.07 Å². The van der Waals surface area contributed by atoms with E-state index in [1.54, 1.807) is 30.6 Å². The summed E-state index contributed by atoms with van der Waals surface area (Å²) in [4.78, 5) is 7.63. The molecule has 0 atom stereocenters. The smallest absolute Gasteiger partial charge is 0.213 e. The maximum Gasteiger partial charge on any atom is 0.213 e. The summed E-state index contributed by atoms with van der Waals surface area (Å²) in [6.07, 6.45) is 3.15. The van der Waals surface area contributed by atoms with Crippen LogP contribution in [0.4, 0.5) is 10.1 Å². The van der Waals surface area contributed by atoms with E-state index < -0.39 is 5.95 Å². The topological polar surface area (TPSA) is 51.8 Å².